The topological polar surface area (TPSA) is 17.3 Å². The summed E-state index contributed by atoms with van der Waals surface area (Å²) in [4.78, 5) is 4.71. The molecule has 0 radical (unpaired) electrons. The number of hydrogen-bond donors (Lipinski definition) is 0. The van der Waals surface area contributed by atoms with Crippen molar-refractivity contribution in [2.45, 2.75) is 6.92 Å². The average Bonchev–Trinajstić information content (AvgIpc) is 3.05. The van der Waals surface area contributed by atoms with E-state index in [0.717, 1.165) is 28.0 Å². The highest BCUT2D eigenvalue weighted by Gasteiger charge is 2.07. The van der Waals surface area contributed by atoms with Crippen LogP contribution in [0, 0.1) is 18.8 Å². The van der Waals surface area contributed by atoms with Crippen molar-refractivity contribution in [2.75, 3.05) is 0 Å². The van der Waals surface area contributed by atoms with Gasteiger partial charge in [-0.05, 0) is 37.3 Å². The lowest BCUT2D eigenvalue weighted by molar-refractivity contribution is 1.19. The summed E-state index contributed by atoms with van der Waals surface area (Å²) in [5, 5.41) is 0. The molecule has 0 aliphatic heterocycles. The molecule has 2 aromatic heterocycles. The Balaban J connectivity index is 1.77. The third-order valence-electron chi connectivity index (χ3n) is 3.96. The second kappa shape index (κ2) is 6.06. The third kappa shape index (κ3) is 2.80. The lowest BCUT2D eigenvalue weighted by atomic mass is 10.0. The zero-order valence-corrected chi connectivity index (χ0v) is 13.4. The molecule has 0 aliphatic carbocycles. The second-order valence-electron chi connectivity index (χ2n) is 5.75. The molecular weight excluding hydrogens is 292 g/mol. The Bertz CT molecular complexity index is 1030. The van der Waals surface area contributed by atoms with Gasteiger partial charge in [-0.15, -0.1) is 0 Å². The van der Waals surface area contributed by atoms with Crippen molar-refractivity contribution in [3.63, 3.8) is 0 Å². The van der Waals surface area contributed by atoms with Gasteiger partial charge in [0.2, 0.25) is 0 Å². The van der Waals surface area contributed by atoms with Crippen LogP contribution in [-0.2, 0) is 0 Å². The zero-order valence-electron chi connectivity index (χ0n) is 13.4. The first-order valence-corrected chi connectivity index (χ1v) is 7.91. The fourth-order valence-corrected chi connectivity index (χ4v) is 2.66. The molecule has 24 heavy (non-hydrogen) atoms. The number of aryl methyl sites for hydroxylation is 1. The first-order chi connectivity index (χ1) is 11.8. The minimum absolute atomic E-state index is 0.939. The van der Waals surface area contributed by atoms with Crippen LogP contribution in [-0.4, -0.2) is 9.38 Å². The molecule has 0 saturated heterocycles. The third-order valence-corrected chi connectivity index (χ3v) is 3.96. The molecule has 2 nitrogen and oxygen atoms in total. The molecule has 0 spiro atoms. The maximum absolute atomic E-state index is 4.71. The van der Waals surface area contributed by atoms with Gasteiger partial charge in [0.25, 0.3) is 0 Å². The van der Waals surface area contributed by atoms with Crippen LogP contribution in [0.25, 0.3) is 16.9 Å². The number of pyridine rings is 1. The van der Waals surface area contributed by atoms with Crippen LogP contribution in [0.3, 0.4) is 0 Å². The van der Waals surface area contributed by atoms with Gasteiger partial charge in [0, 0.05) is 29.1 Å². The molecule has 2 heterocycles. The zero-order chi connectivity index (χ0) is 16.4. The first kappa shape index (κ1) is 14.3. The fraction of sp³-hybridized carbons (Fsp3) is 0.0455. The van der Waals surface area contributed by atoms with E-state index in [2.05, 4.69) is 49.1 Å². The Kier molecular flexibility index (Phi) is 3.61. The standard InChI is InChI=1S/C22H16N2/c1-17-9-11-18(12-10-17)13-14-19-6-2-3-7-20(19)21-16-24-15-5-4-8-22(24)23-21/h2-12,15-16H,1H3. The van der Waals surface area contributed by atoms with Gasteiger partial charge in [0.15, 0.2) is 0 Å². The number of rotatable bonds is 1. The average molecular weight is 308 g/mol. The van der Waals surface area contributed by atoms with Crippen LogP contribution in [0.15, 0.2) is 79.1 Å². The van der Waals surface area contributed by atoms with E-state index in [-0.39, 0.29) is 0 Å². The monoisotopic (exact) mass is 308 g/mol. The lowest BCUT2D eigenvalue weighted by Crippen LogP contribution is -1.84. The molecule has 114 valence electrons. The summed E-state index contributed by atoms with van der Waals surface area (Å²) in [6.45, 7) is 2.08. The molecule has 0 unspecified atom stereocenters. The van der Waals surface area contributed by atoms with Crippen LogP contribution >= 0.6 is 0 Å². The predicted molar refractivity (Wildman–Crippen MR) is 97.8 cm³/mol. The van der Waals surface area contributed by atoms with Crippen molar-refractivity contribution in [3.8, 4) is 23.1 Å². The largest absolute Gasteiger partial charge is 0.306 e. The Morgan fingerprint density at radius 3 is 2.46 bits per heavy atom. The smallest absolute Gasteiger partial charge is 0.137 e. The molecule has 0 bridgehead atoms. The maximum atomic E-state index is 4.71. The molecule has 0 fully saturated rings. The minimum atomic E-state index is 0.939. The summed E-state index contributed by atoms with van der Waals surface area (Å²) in [5.41, 5.74) is 6.18. The molecular formula is C22H16N2. The summed E-state index contributed by atoms with van der Waals surface area (Å²) < 4.78 is 2.03. The van der Waals surface area contributed by atoms with Gasteiger partial charge in [-0.1, -0.05) is 53.8 Å². The molecule has 4 rings (SSSR count). The normalized spacial score (nSPS) is 10.4. The van der Waals surface area contributed by atoms with Crippen molar-refractivity contribution in [3.05, 3.63) is 95.8 Å². The summed E-state index contributed by atoms with van der Waals surface area (Å²) in [5.74, 6) is 6.54. The van der Waals surface area contributed by atoms with E-state index in [0.29, 0.717) is 0 Å². The maximum Gasteiger partial charge on any atom is 0.137 e. The van der Waals surface area contributed by atoms with E-state index in [9.17, 15) is 0 Å². The van der Waals surface area contributed by atoms with Crippen molar-refractivity contribution >= 4 is 5.65 Å². The van der Waals surface area contributed by atoms with Gasteiger partial charge in [-0.3, -0.25) is 0 Å². The minimum Gasteiger partial charge on any atom is -0.306 e. The summed E-state index contributed by atoms with van der Waals surface area (Å²) >= 11 is 0. The summed E-state index contributed by atoms with van der Waals surface area (Å²) in [7, 11) is 0. The first-order valence-electron chi connectivity index (χ1n) is 7.91. The quantitative estimate of drug-likeness (QED) is 0.466. The Hall–Kier alpha value is -3.31. The van der Waals surface area contributed by atoms with Gasteiger partial charge in [0.05, 0.1) is 5.69 Å². The molecule has 2 aromatic carbocycles. The van der Waals surface area contributed by atoms with Crippen molar-refractivity contribution < 1.29 is 0 Å². The van der Waals surface area contributed by atoms with E-state index in [1.54, 1.807) is 0 Å². The van der Waals surface area contributed by atoms with Gasteiger partial charge < -0.3 is 4.40 Å². The van der Waals surface area contributed by atoms with E-state index in [1.165, 1.54) is 5.56 Å². The van der Waals surface area contributed by atoms with Crippen molar-refractivity contribution in [1.29, 1.82) is 0 Å². The van der Waals surface area contributed by atoms with E-state index in [1.807, 2.05) is 53.2 Å². The molecule has 0 saturated carbocycles. The van der Waals surface area contributed by atoms with Gasteiger partial charge >= 0.3 is 0 Å². The summed E-state index contributed by atoms with van der Waals surface area (Å²) in [6.07, 6.45) is 4.05. The molecule has 0 aliphatic rings. The molecule has 2 heteroatoms. The molecule has 0 amide bonds. The van der Waals surface area contributed by atoms with E-state index in [4.69, 9.17) is 4.98 Å². The SMILES string of the molecule is Cc1ccc(C#Cc2ccccc2-c2cn3ccccc3n2)cc1. The Morgan fingerprint density at radius 1 is 0.833 bits per heavy atom. The van der Waals surface area contributed by atoms with E-state index >= 15 is 0 Å². The number of imidazole rings is 1. The number of fused-ring (bicyclic) bond motifs is 1. The Morgan fingerprint density at radius 2 is 1.62 bits per heavy atom. The van der Waals surface area contributed by atoms with Crippen LogP contribution in [0.1, 0.15) is 16.7 Å². The number of aromatic nitrogens is 2. The molecule has 0 N–H and O–H groups in total. The predicted octanol–water partition coefficient (Wildman–Crippen LogP) is 4.71. The van der Waals surface area contributed by atoms with Crippen molar-refractivity contribution in [1.82, 2.24) is 9.38 Å². The summed E-state index contributed by atoms with van der Waals surface area (Å²) in [6, 6.07) is 22.4. The highest BCUT2D eigenvalue weighted by molar-refractivity contribution is 5.70. The Labute approximate surface area is 141 Å². The van der Waals surface area contributed by atoms with Crippen molar-refractivity contribution in [2.24, 2.45) is 0 Å². The fourth-order valence-electron chi connectivity index (χ4n) is 2.66. The molecule has 4 aromatic rings. The van der Waals surface area contributed by atoms with E-state index < -0.39 is 0 Å². The van der Waals surface area contributed by atoms with Crippen LogP contribution in [0.5, 0.6) is 0 Å². The van der Waals surface area contributed by atoms with Gasteiger partial charge in [-0.25, -0.2) is 4.98 Å². The number of hydrogen-bond acceptors (Lipinski definition) is 1. The number of benzene rings is 2. The van der Waals surface area contributed by atoms with Crippen LogP contribution in [0.4, 0.5) is 0 Å². The highest BCUT2D eigenvalue weighted by Crippen LogP contribution is 2.22. The second-order valence-corrected chi connectivity index (χ2v) is 5.75. The van der Waals surface area contributed by atoms with Gasteiger partial charge in [0.1, 0.15) is 5.65 Å². The lowest BCUT2D eigenvalue weighted by Gasteiger charge is -2.00. The van der Waals surface area contributed by atoms with Gasteiger partial charge in [-0.2, -0.15) is 0 Å². The molecule has 0 atom stereocenters. The van der Waals surface area contributed by atoms with Crippen LogP contribution < -0.4 is 0 Å². The number of nitrogens with zero attached hydrogens (tertiary/aromatic N) is 2. The van der Waals surface area contributed by atoms with Crippen LogP contribution in [0.2, 0.25) is 0 Å². The highest BCUT2D eigenvalue weighted by atomic mass is 15.0.